The van der Waals surface area contributed by atoms with E-state index >= 15 is 0 Å². The van der Waals surface area contributed by atoms with Crippen molar-refractivity contribution in [1.29, 1.82) is 0 Å². The van der Waals surface area contributed by atoms with Gasteiger partial charge in [-0.3, -0.25) is 4.79 Å². The predicted molar refractivity (Wildman–Crippen MR) is 88.5 cm³/mol. The van der Waals surface area contributed by atoms with Gasteiger partial charge in [0.2, 0.25) is 5.91 Å². The van der Waals surface area contributed by atoms with Crippen LogP contribution < -0.4 is 15.4 Å². The van der Waals surface area contributed by atoms with E-state index in [0.717, 1.165) is 30.3 Å². The summed E-state index contributed by atoms with van der Waals surface area (Å²) in [6.07, 6.45) is 0. The zero-order chi connectivity index (χ0) is 15.8. The Balaban J connectivity index is 1.73. The highest BCUT2D eigenvalue weighted by Crippen LogP contribution is 2.15. The second-order valence-electron chi connectivity index (χ2n) is 4.76. The van der Waals surface area contributed by atoms with E-state index in [1.807, 2.05) is 18.7 Å². The van der Waals surface area contributed by atoms with Gasteiger partial charge in [0, 0.05) is 30.3 Å². The molecule has 1 heterocycles. The average molecular weight is 323 g/mol. The van der Waals surface area contributed by atoms with Crippen LogP contribution in [-0.4, -0.2) is 54.6 Å². The van der Waals surface area contributed by atoms with Crippen LogP contribution in [0.5, 0.6) is 5.75 Å². The van der Waals surface area contributed by atoms with E-state index in [-0.39, 0.29) is 18.5 Å². The van der Waals surface area contributed by atoms with Crippen molar-refractivity contribution in [2.45, 2.75) is 6.92 Å². The Morgan fingerprint density at radius 3 is 2.55 bits per heavy atom. The predicted octanol–water partition coefficient (Wildman–Crippen LogP) is 1.78. The summed E-state index contributed by atoms with van der Waals surface area (Å²) in [5.41, 5.74) is 0.678. The maximum absolute atomic E-state index is 11.9. The number of ether oxygens (including phenoxy) is 1. The number of benzene rings is 1. The molecular weight excluding hydrogens is 302 g/mol. The normalized spacial score (nSPS) is 14.3. The number of urea groups is 1. The van der Waals surface area contributed by atoms with Gasteiger partial charge < -0.3 is 20.3 Å². The van der Waals surface area contributed by atoms with Crippen LogP contribution in [0.4, 0.5) is 10.5 Å². The van der Waals surface area contributed by atoms with Crippen molar-refractivity contribution >= 4 is 29.4 Å². The highest BCUT2D eigenvalue weighted by atomic mass is 32.2. The summed E-state index contributed by atoms with van der Waals surface area (Å²) in [4.78, 5) is 25.4. The third kappa shape index (κ3) is 5.14. The molecule has 1 fully saturated rings. The molecular formula is C15H21N3O3S. The fourth-order valence-electron chi connectivity index (χ4n) is 2.04. The van der Waals surface area contributed by atoms with E-state index in [1.165, 1.54) is 0 Å². The van der Waals surface area contributed by atoms with Crippen LogP contribution in [0.2, 0.25) is 0 Å². The zero-order valence-electron chi connectivity index (χ0n) is 12.6. The van der Waals surface area contributed by atoms with Crippen LogP contribution in [0.3, 0.4) is 0 Å². The van der Waals surface area contributed by atoms with Gasteiger partial charge in [0.05, 0.1) is 13.2 Å². The fourth-order valence-corrected chi connectivity index (χ4v) is 2.94. The van der Waals surface area contributed by atoms with E-state index in [9.17, 15) is 9.59 Å². The van der Waals surface area contributed by atoms with Gasteiger partial charge in [-0.1, -0.05) is 0 Å². The molecule has 0 radical (unpaired) electrons. The highest BCUT2D eigenvalue weighted by molar-refractivity contribution is 7.99. The summed E-state index contributed by atoms with van der Waals surface area (Å²) in [6, 6.07) is 6.95. The van der Waals surface area contributed by atoms with Crippen molar-refractivity contribution in [2.24, 2.45) is 0 Å². The molecule has 0 bridgehead atoms. The Morgan fingerprint density at radius 2 is 1.91 bits per heavy atom. The van der Waals surface area contributed by atoms with E-state index < -0.39 is 0 Å². The van der Waals surface area contributed by atoms with Crippen molar-refractivity contribution in [1.82, 2.24) is 10.2 Å². The number of nitrogens with one attached hydrogen (secondary N) is 2. The molecule has 1 aromatic carbocycles. The summed E-state index contributed by atoms with van der Waals surface area (Å²) in [5.74, 6) is 2.41. The Kier molecular flexibility index (Phi) is 6.39. The lowest BCUT2D eigenvalue weighted by atomic mass is 10.3. The summed E-state index contributed by atoms with van der Waals surface area (Å²) in [7, 11) is 0. The molecule has 0 atom stereocenters. The molecule has 3 amide bonds. The first-order chi connectivity index (χ1) is 10.7. The highest BCUT2D eigenvalue weighted by Gasteiger charge is 2.16. The number of rotatable bonds is 5. The lowest BCUT2D eigenvalue weighted by Gasteiger charge is -2.26. The molecule has 7 heteroatoms. The molecule has 0 unspecified atom stereocenters. The fraction of sp³-hybridized carbons (Fsp3) is 0.467. The number of anilines is 1. The monoisotopic (exact) mass is 323 g/mol. The summed E-state index contributed by atoms with van der Waals surface area (Å²) < 4.78 is 5.34. The van der Waals surface area contributed by atoms with E-state index in [4.69, 9.17) is 4.74 Å². The first-order valence-corrected chi connectivity index (χ1v) is 8.47. The molecule has 1 aromatic rings. The summed E-state index contributed by atoms with van der Waals surface area (Å²) in [5, 5.41) is 5.38. The molecule has 120 valence electrons. The number of carbonyl (C=O) groups excluding carboxylic acids is 2. The molecule has 0 aromatic heterocycles. The molecule has 6 nitrogen and oxygen atoms in total. The second kappa shape index (κ2) is 8.53. The molecule has 0 aliphatic carbocycles. The Hall–Kier alpha value is -1.89. The molecule has 0 spiro atoms. The Labute approximate surface area is 134 Å². The van der Waals surface area contributed by atoms with Crippen LogP contribution in [-0.2, 0) is 4.79 Å². The van der Waals surface area contributed by atoms with Gasteiger partial charge in [-0.2, -0.15) is 11.8 Å². The number of thioether (sulfide) groups is 1. The van der Waals surface area contributed by atoms with Gasteiger partial charge in [0.15, 0.2) is 0 Å². The summed E-state index contributed by atoms with van der Waals surface area (Å²) >= 11 is 1.84. The standard InChI is InChI=1S/C15H21N3O3S/c1-2-21-13-5-3-12(4-6-13)17-14(19)11-16-15(20)18-7-9-22-10-8-18/h3-6H,2,7-11H2,1H3,(H,16,20)(H,17,19). The zero-order valence-corrected chi connectivity index (χ0v) is 13.4. The third-order valence-corrected chi connectivity index (χ3v) is 4.09. The van der Waals surface area contributed by atoms with Crippen molar-refractivity contribution < 1.29 is 14.3 Å². The van der Waals surface area contributed by atoms with Gasteiger partial charge in [0.1, 0.15) is 5.75 Å². The first kappa shape index (κ1) is 16.5. The minimum Gasteiger partial charge on any atom is -0.494 e. The molecule has 2 rings (SSSR count). The minimum absolute atomic E-state index is 0.0321. The van der Waals surface area contributed by atoms with Gasteiger partial charge in [-0.25, -0.2) is 4.79 Å². The van der Waals surface area contributed by atoms with Crippen LogP contribution in [0.25, 0.3) is 0 Å². The smallest absolute Gasteiger partial charge is 0.317 e. The molecule has 2 N–H and O–H groups in total. The summed E-state index contributed by atoms with van der Waals surface area (Å²) in [6.45, 7) is 3.95. The molecule has 0 saturated carbocycles. The maximum Gasteiger partial charge on any atom is 0.317 e. The van der Waals surface area contributed by atoms with Gasteiger partial charge in [0.25, 0.3) is 0 Å². The number of hydrogen-bond acceptors (Lipinski definition) is 4. The number of nitrogens with zero attached hydrogens (tertiary/aromatic N) is 1. The molecule has 1 aliphatic heterocycles. The quantitative estimate of drug-likeness (QED) is 0.866. The van der Waals surface area contributed by atoms with Gasteiger partial charge >= 0.3 is 6.03 Å². The Bertz CT molecular complexity index is 501. The Morgan fingerprint density at radius 1 is 1.23 bits per heavy atom. The lowest BCUT2D eigenvalue weighted by molar-refractivity contribution is -0.115. The van der Waals surface area contributed by atoms with E-state index in [0.29, 0.717) is 12.3 Å². The van der Waals surface area contributed by atoms with Crippen molar-refractivity contribution in [3.8, 4) is 5.75 Å². The molecule has 1 aliphatic rings. The first-order valence-electron chi connectivity index (χ1n) is 7.32. The van der Waals surface area contributed by atoms with Gasteiger partial charge in [-0.15, -0.1) is 0 Å². The maximum atomic E-state index is 11.9. The number of hydrogen-bond donors (Lipinski definition) is 2. The molecule has 22 heavy (non-hydrogen) atoms. The van der Waals surface area contributed by atoms with Crippen LogP contribution in [0, 0.1) is 0 Å². The number of carbonyl (C=O) groups is 2. The minimum atomic E-state index is -0.246. The SMILES string of the molecule is CCOc1ccc(NC(=O)CNC(=O)N2CCSCC2)cc1. The van der Waals surface area contributed by atoms with E-state index in [2.05, 4.69) is 10.6 Å². The van der Waals surface area contributed by atoms with Crippen molar-refractivity contribution in [3.05, 3.63) is 24.3 Å². The second-order valence-corrected chi connectivity index (χ2v) is 5.99. The van der Waals surface area contributed by atoms with Crippen LogP contribution in [0.1, 0.15) is 6.92 Å². The topological polar surface area (TPSA) is 70.7 Å². The number of amides is 3. The largest absolute Gasteiger partial charge is 0.494 e. The third-order valence-electron chi connectivity index (χ3n) is 3.15. The lowest BCUT2D eigenvalue weighted by Crippen LogP contribution is -2.46. The van der Waals surface area contributed by atoms with Gasteiger partial charge in [-0.05, 0) is 31.2 Å². The van der Waals surface area contributed by atoms with Crippen LogP contribution >= 0.6 is 11.8 Å². The average Bonchev–Trinajstić information content (AvgIpc) is 2.55. The van der Waals surface area contributed by atoms with Crippen LogP contribution in [0.15, 0.2) is 24.3 Å². The van der Waals surface area contributed by atoms with E-state index in [1.54, 1.807) is 29.2 Å². The molecule has 1 saturated heterocycles. The van der Waals surface area contributed by atoms with Crippen molar-refractivity contribution in [3.63, 3.8) is 0 Å². The van der Waals surface area contributed by atoms with Crippen molar-refractivity contribution in [2.75, 3.05) is 43.1 Å².